The van der Waals surface area contributed by atoms with Crippen molar-refractivity contribution in [3.8, 4) is 0 Å². The SMILES string of the molecule is C=C/C=C1/N=C(C(=O)CCC2=CC3=C(CC(=O)N3C)C2)C2CC2(C(=C)C)N1C.C=CN.CC.CC.CC.CCC.[HH].[HH]. The monoisotopic (exact) mass is 558 g/mol. The number of amides is 1. The lowest BCUT2D eigenvalue weighted by molar-refractivity contribution is -0.126. The summed E-state index contributed by atoms with van der Waals surface area (Å²) in [5.41, 5.74) is 9.63. The van der Waals surface area contributed by atoms with E-state index in [1.165, 1.54) is 23.8 Å². The number of aliphatic imine (C=N–C) groups is 1. The summed E-state index contributed by atoms with van der Waals surface area (Å²) in [4.78, 5) is 33.4. The highest BCUT2D eigenvalue weighted by atomic mass is 16.2. The van der Waals surface area contributed by atoms with E-state index in [9.17, 15) is 9.59 Å². The van der Waals surface area contributed by atoms with E-state index in [0.717, 1.165) is 36.4 Å². The van der Waals surface area contributed by atoms with Crippen molar-refractivity contribution in [3.63, 3.8) is 0 Å². The lowest BCUT2D eigenvalue weighted by Gasteiger charge is -2.35. The lowest BCUT2D eigenvalue weighted by atomic mass is 9.95. The fourth-order valence-electron chi connectivity index (χ4n) is 4.89. The predicted molar refractivity (Wildman–Crippen MR) is 179 cm³/mol. The van der Waals surface area contributed by atoms with Crippen LogP contribution in [0.2, 0.25) is 0 Å². The molecular weight excluding hydrogens is 496 g/mol. The highest BCUT2D eigenvalue weighted by Crippen LogP contribution is 2.57. The summed E-state index contributed by atoms with van der Waals surface area (Å²) < 4.78 is 0. The largest absolute Gasteiger partial charge is 0.405 e. The predicted octanol–water partition coefficient (Wildman–Crippen LogP) is 8.61. The molecule has 40 heavy (non-hydrogen) atoms. The van der Waals surface area contributed by atoms with E-state index < -0.39 is 0 Å². The smallest absolute Gasteiger partial charge is 0.230 e. The van der Waals surface area contributed by atoms with Gasteiger partial charge >= 0.3 is 0 Å². The van der Waals surface area contributed by atoms with Crippen molar-refractivity contribution in [2.24, 2.45) is 16.6 Å². The van der Waals surface area contributed by atoms with Gasteiger partial charge in [0.15, 0.2) is 5.78 Å². The molecule has 2 aliphatic carbocycles. The molecule has 0 saturated heterocycles. The molecule has 2 N–H and O–H groups in total. The highest BCUT2D eigenvalue weighted by molar-refractivity contribution is 6.42. The molecule has 2 unspecified atom stereocenters. The Hall–Kier alpha value is -3.15. The molecule has 0 aromatic heterocycles. The summed E-state index contributed by atoms with van der Waals surface area (Å²) in [6.07, 6.45) is 11.5. The van der Waals surface area contributed by atoms with Crippen LogP contribution in [0.3, 0.4) is 0 Å². The van der Waals surface area contributed by atoms with Crippen LogP contribution >= 0.6 is 0 Å². The molecule has 230 valence electrons. The second kappa shape index (κ2) is 19.8. The number of carbonyl (C=O) groups excluding carboxylic acids is 2. The molecule has 1 saturated carbocycles. The number of allylic oxidation sites excluding steroid dienone is 4. The van der Waals surface area contributed by atoms with Crippen molar-refractivity contribution in [1.82, 2.24) is 9.80 Å². The van der Waals surface area contributed by atoms with Crippen LogP contribution in [0.5, 0.6) is 0 Å². The van der Waals surface area contributed by atoms with Gasteiger partial charge in [-0.1, -0.05) is 98.8 Å². The first-order valence-corrected chi connectivity index (χ1v) is 15.0. The van der Waals surface area contributed by atoms with Gasteiger partial charge in [0, 0.05) is 35.0 Å². The second-order valence-electron chi connectivity index (χ2n) is 9.24. The van der Waals surface area contributed by atoms with Crippen molar-refractivity contribution < 1.29 is 12.4 Å². The third-order valence-corrected chi connectivity index (χ3v) is 6.65. The minimum absolute atomic E-state index is 0. The van der Waals surface area contributed by atoms with Crippen LogP contribution in [0, 0.1) is 5.92 Å². The maximum atomic E-state index is 13.0. The third-order valence-electron chi connectivity index (χ3n) is 6.65. The van der Waals surface area contributed by atoms with Gasteiger partial charge in [0.05, 0.1) is 17.7 Å². The van der Waals surface area contributed by atoms with Crippen LogP contribution in [0.15, 0.2) is 77.4 Å². The number of nitrogens with two attached hydrogens (primary N) is 1. The quantitative estimate of drug-likeness (QED) is 0.331. The molecule has 1 amide bonds. The Morgan fingerprint density at radius 1 is 1.15 bits per heavy atom. The van der Waals surface area contributed by atoms with E-state index in [-0.39, 0.29) is 26.0 Å². The van der Waals surface area contributed by atoms with Gasteiger partial charge in [0.1, 0.15) is 5.82 Å². The van der Waals surface area contributed by atoms with Crippen LogP contribution in [0.25, 0.3) is 0 Å². The Bertz CT molecular complexity index is 1010. The Kier molecular flexibility index (Phi) is 19.3. The van der Waals surface area contributed by atoms with Crippen LogP contribution in [-0.2, 0) is 9.59 Å². The summed E-state index contributed by atoms with van der Waals surface area (Å²) >= 11 is 0. The van der Waals surface area contributed by atoms with E-state index in [4.69, 9.17) is 0 Å². The number of ketones is 1. The fourth-order valence-corrected chi connectivity index (χ4v) is 4.89. The number of Topliss-reactive ketones (excluding diaryl/α,β-unsaturated/α-hetero) is 1. The van der Waals surface area contributed by atoms with Crippen LogP contribution in [-0.4, -0.2) is 46.8 Å². The van der Waals surface area contributed by atoms with Gasteiger partial charge in [-0.3, -0.25) is 9.59 Å². The summed E-state index contributed by atoms with van der Waals surface area (Å²) in [6, 6.07) is 0. The van der Waals surface area contributed by atoms with Gasteiger partial charge in [-0.2, -0.15) is 0 Å². The van der Waals surface area contributed by atoms with Crippen molar-refractivity contribution >= 4 is 17.4 Å². The number of hydrogen-bond donors (Lipinski definition) is 1. The first-order valence-electron chi connectivity index (χ1n) is 15.0. The minimum Gasteiger partial charge on any atom is -0.405 e. The highest BCUT2D eigenvalue weighted by Gasteiger charge is 2.63. The zero-order valence-corrected chi connectivity index (χ0v) is 27.5. The molecule has 2 heterocycles. The first-order chi connectivity index (χ1) is 19.1. The van der Waals surface area contributed by atoms with E-state index in [1.54, 1.807) is 11.0 Å². The van der Waals surface area contributed by atoms with Crippen LogP contribution in [0.1, 0.15) is 104 Å². The topological polar surface area (TPSA) is 79.0 Å². The van der Waals surface area contributed by atoms with E-state index >= 15 is 0 Å². The molecule has 0 radical (unpaired) electrons. The van der Waals surface area contributed by atoms with Gasteiger partial charge in [0.2, 0.25) is 5.91 Å². The Morgan fingerprint density at radius 2 is 1.68 bits per heavy atom. The standard InChI is InChI=1S/C23H27N3O2.C3H8.C2H5N.3C2H6.2H2/c1-6-7-20-24-22(17-13-23(17,14(2)3)26(20)5)19(27)9-8-15-10-16-12-21(28)25(4)18(16)11-15;1-3-2;1-2-3;3*1-2;;/h6-7,11,17H,1-2,8-10,12-13H2,3-5H3;3H2,1-2H3;2H,1,3H2;3*1-2H3;2*1H/b20-7-;;;;;;;. The molecule has 2 aliphatic heterocycles. The Balaban J connectivity index is -0.000000454. The number of nitrogens with zero attached hydrogens (tertiary/aromatic N) is 3. The first kappa shape index (κ1) is 39.0. The van der Waals surface area contributed by atoms with Gasteiger partial charge < -0.3 is 15.5 Å². The molecule has 0 bridgehead atoms. The molecule has 0 spiro atoms. The zero-order chi connectivity index (χ0) is 31.6. The van der Waals surface area contributed by atoms with Gasteiger partial charge in [0.25, 0.3) is 0 Å². The Labute approximate surface area is 249 Å². The second-order valence-corrected chi connectivity index (χ2v) is 9.24. The van der Waals surface area contributed by atoms with Crippen molar-refractivity contribution in [3.05, 3.63) is 72.4 Å². The molecule has 4 aliphatic rings. The van der Waals surface area contributed by atoms with Crippen molar-refractivity contribution in [1.29, 1.82) is 0 Å². The van der Waals surface area contributed by atoms with Gasteiger partial charge in [-0.05, 0) is 50.1 Å². The summed E-state index contributed by atoms with van der Waals surface area (Å²) in [7, 11) is 3.84. The minimum atomic E-state index is -0.181. The van der Waals surface area contributed by atoms with E-state index in [2.05, 4.69) is 55.3 Å². The lowest BCUT2D eigenvalue weighted by Crippen LogP contribution is -2.42. The van der Waals surface area contributed by atoms with Crippen molar-refractivity contribution in [2.75, 3.05) is 14.1 Å². The molecule has 0 aromatic carbocycles. The molecule has 6 nitrogen and oxygen atoms in total. The van der Waals surface area contributed by atoms with Crippen molar-refractivity contribution in [2.45, 2.75) is 106 Å². The molecule has 4 rings (SSSR count). The fraction of sp³-hybridized carbons (Fsp3) is 0.559. The Morgan fingerprint density at radius 3 is 2.12 bits per heavy atom. The van der Waals surface area contributed by atoms with Crippen LogP contribution < -0.4 is 5.73 Å². The number of rotatable bonds is 6. The summed E-state index contributed by atoms with van der Waals surface area (Å²) in [5, 5.41) is 0. The van der Waals surface area contributed by atoms with Crippen LogP contribution in [0.4, 0.5) is 0 Å². The number of hydrogen-bond acceptors (Lipinski definition) is 5. The molecular formula is C34H62N4O2. The maximum Gasteiger partial charge on any atom is 0.230 e. The number of carbonyl (C=O) groups is 2. The molecule has 1 fully saturated rings. The molecule has 6 heteroatoms. The number of likely N-dealkylation sites (N-methyl/N-ethyl adjacent to an activating group) is 2. The maximum absolute atomic E-state index is 13.0. The molecule has 0 aromatic rings. The van der Waals surface area contributed by atoms with E-state index in [1.807, 2.05) is 68.6 Å². The van der Waals surface area contributed by atoms with E-state index in [0.29, 0.717) is 18.6 Å². The molecule has 2 atom stereocenters. The number of fused-ring (bicyclic) bond motifs is 1. The van der Waals surface area contributed by atoms with Gasteiger partial charge in [-0.15, -0.1) is 0 Å². The average molecular weight is 559 g/mol. The summed E-state index contributed by atoms with van der Waals surface area (Å²) in [6.45, 7) is 29.4. The third kappa shape index (κ3) is 9.21. The van der Waals surface area contributed by atoms with Gasteiger partial charge in [-0.25, -0.2) is 4.99 Å². The summed E-state index contributed by atoms with van der Waals surface area (Å²) in [5.74, 6) is 1.18. The normalized spacial score (nSPS) is 21.9. The average Bonchev–Trinajstić information content (AvgIpc) is 3.53. The zero-order valence-electron chi connectivity index (χ0n) is 27.5.